The molecule has 0 atom stereocenters. The molecule has 36 heavy (non-hydrogen) atoms. The van der Waals surface area contributed by atoms with Gasteiger partial charge in [0.2, 0.25) is 4.80 Å². The second-order valence-corrected chi connectivity index (χ2v) is 9.73. The average molecular weight is 503 g/mol. The summed E-state index contributed by atoms with van der Waals surface area (Å²) in [4.78, 5) is 20.1. The summed E-state index contributed by atoms with van der Waals surface area (Å²) in [7, 11) is 0. The van der Waals surface area contributed by atoms with Crippen molar-refractivity contribution in [1.82, 2.24) is 4.68 Å². The monoisotopic (exact) mass is 502 g/mol. The summed E-state index contributed by atoms with van der Waals surface area (Å²) in [5, 5.41) is 6.66. The number of carbonyl (C=O) groups excluding carboxylic acids is 1. The molecule has 0 fully saturated rings. The summed E-state index contributed by atoms with van der Waals surface area (Å²) in [5.74, 6) is -1.19. The van der Waals surface area contributed by atoms with Gasteiger partial charge >= 0.3 is 0 Å². The third kappa shape index (κ3) is 4.64. The zero-order valence-electron chi connectivity index (χ0n) is 19.9. The topological polar surface area (TPSA) is 50.0 Å². The fraction of sp³-hybridized carbons (Fsp3) is 0.179. The van der Waals surface area contributed by atoms with Crippen LogP contribution in [0.25, 0.3) is 11.3 Å². The number of hydrogen-bond acceptors (Lipinski definition) is 4. The van der Waals surface area contributed by atoms with E-state index in [0.29, 0.717) is 28.7 Å². The van der Waals surface area contributed by atoms with Crippen LogP contribution in [0.1, 0.15) is 25.8 Å². The Balaban J connectivity index is 1.69. The highest BCUT2D eigenvalue weighted by molar-refractivity contribution is 7.07. The first-order valence-electron chi connectivity index (χ1n) is 11.7. The van der Waals surface area contributed by atoms with Crippen molar-refractivity contribution in [3.63, 3.8) is 0 Å². The summed E-state index contributed by atoms with van der Waals surface area (Å²) in [6, 6.07) is 20.4. The average Bonchev–Trinajstić information content (AvgIpc) is 3.38. The van der Waals surface area contributed by atoms with Crippen LogP contribution in [0, 0.1) is 17.6 Å². The first kappa shape index (κ1) is 23.8. The number of amides is 1. The number of thiazole rings is 1. The zero-order chi connectivity index (χ0) is 25.2. The molecule has 4 aromatic rings. The lowest BCUT2D eigenvalue weighted by atomic mass is 10.1. The molecule has 0 radical (unpaired) electrons. The first-order valence-corrected chi connectivity index (χ1v) is 12.6. The molecule has 182 valence electrons. The first-order chi connectivity index (χ1) is 17.4. The van der Waals surface area contributed by atoms with Crippen LogP contribution in [-0.4, -0.2) is 22.8 Å². The molecule has 3 aromatic carbocycles. The lowest BCUT2D eigenvalue weighted by Crippen LogP contribution is -2.32. The Morgan fingerprint density at radius 1 is 0.972 bits per heavy atom. The Hall–Kier alpha value is -3.91. The van der Waals surface area contributed by atoms with Gasteiger partial charge in [0.15, 0.2) is 11.5 Å². The number of fused-ring (bicyclic) bond motifs is 1. The van der Waals surface area contributed by atoms with Crippen molar-refractivity contribution < 1.29 is 13.6 Å². The number of benzene rings is 3. The minimum Gasteiger partial charge on any atom is -0.306 e. The minimum absolute atomic E-state index is 0.0106. The molecule has 0 aliphatic carbocycles. The standard InChI is InChI=1S/C28H24F2N4OS/c1-18(2)14-15-33-24-11-7-6-10-21(24)26(27(33)35)32-34-25(19-8-4-3-5-9-19)17-36-28(34)31-23-13-12-20(29)16-22(23)30/h3-13,16-18H,14-15H2,1-2H3. The summed E-state index contributed by atoms with van der Waals surface area (Å²) in [6.07, 6.45) is 0.860. The van der Waals surface area contributed by atoms with E-state index < -0.39 is 11.6 Å². The molecule has 0 bridgehead atoms. The fourth-order valence-corrected chi connectivity index (χ4v) is 4.87. The maximum Gasteiger partial charge on any atom is 0.279 e. The van der Waals surface area contributed by atoms with Crippen molar-refractivity contribution in [2.45, 2.75) is 20.3 Å². The number of hydrogen-bond donors (Lipinski definition) is 0. The normalized spacial score (nSPS) is 14.8. The quantitative estimate of drug-likeness (QED) is 0.302. The Labute approximate surface area is 211 Å². The van der Waals surface area contributed by atoms with Gasteiger partial charge in [-0.1, -0.05) is 62.4 Å². The maximum absolute atomic E-state index is 14.4. The molecule has 0 saturated carbocycles. The van der Waals surface area contributed by atoms with E-state index >= 15 is 0 Å². The number of aromatic nitrogens is 1. The van der Waals surface area contributed by atoms with Crippen molar-refractivity contribution >= 4 is 34.3 Å². The Kier molecular flexibility index (Phi) is 6.61. The van der Waals surface area contributed by atoms with E-state index in [9.17, 15) is 13.6 Å². The predicted octanol–water partition coefficient (Wildman–Crippen LogP) is 6.37. The van der Waals surface area contributed by atoms with E-state index in [0.717, 1.165) is 35.4 Å². The van der Waals surface area contributed by atoms with E-state index in [1.807, 2.05) is 60.0 Å². The van der Waals surface area contributed by atoms with Gasteiger partial charge in [0.25, 0.3) is 5.91 Å². The van der Waals surface area contributed by atoms with Crippen LogP contribution < -0.4 is 9.70 Å². The van der Waals surface area contributed by atoms with Gasteiger partial charge in [-0.05, 0) is 30.5 Å². The number of anilines is 1. The van der Waals surface area contributed by atoms with Gasteiger partial charge in [0, 0.05) is 29.1 Å². The van der Waals surface area contributed by atoms with Crippen LogP contribution >= 0.6 is 11.3 Å². The van der Waals surface area contributed by atoms with Gasteiger partial charge < -0.3 is 4.90 Å². The van der Waals surface area contributed by atoms with Crippen molar-refractivity contribution in [2.75, 3.05) is 11.4 Å². The Morgan fingerprint density at radius 2 is 1.72 bits per heavy atom. The third-order valence-electron chi connectivity index (χ3n) is 5.91. The molecular weight excluding hydrogens is 478 g/mol. The van der Waals surface area contributed by atoms with E-state index in [4.69, 9.17) is 5.10 Å². The molecule has 1 aliphatic rings. The van der Waals surface area contributed by atoms with Crippen LogP contribution in [-0.2, 0) is 4.79 Å². The number of para-hydroxylation sites is 1. The van der Waals surface area contributed by atoms with Gasteiger partial charge in [-0.2, -0.15) is 5.10 Å². The number of halogens is 2. The predicted molar refractivity (Wildman–Crippen MR) is 140 cm³/mol. The Bertz CT molecular complexity index is 1520. The molecule has 0 spiro atoms. The number of rotatable bonds is 6. The number of nitrogens with zero attached hydrogens (tertiary/aromatic N) is 4. The number of carbonyl (C=O) groups is 1. The van der Waals surface area contributed by atoms with Crippen molar-refractivity contribution in [3.05, 3.63) is 100 Å². The summed E-state index contributed by atoms with van der Waals surface area (Å²) < 4.78 is 29.4. The second-order valence-electron chi connectivity index (χ2n) is 8.89. The van der Waals surface area contributed by atoms with Gasteiger partial charge in [-0.3, -0.25) is 4.79 Å². The molecule has 1 aromatic heterocycles. The molecule has 0 N–H and O–H groups in total. The summed E-state index contributed by atoms with van der Waals surface area (Å²) in [6.45, 7) is 4.83. The molecule has 5 nitrogen and oxygen atoms in total. The van der Waals surface area contributed by atoms with Gasteiger partial charge in [-0.25, -0.2) is 18.4 Å². The smallest absolute Gasteiger partial charge is 0.279 e. The van der Waals surface area contributed by atoms with Crippen LogP contribution in [0.5, 0.6) is 0 Å². The van der Waals surface area contributed by atoms with Gasteiger partial charge in [0.05, 0.1) is 11.4 Å². The zero-order valence-corrected chi connectivity index (χ0v) is 20.7. The van der Waals surface area contributed by atoms with Crippen LogP contribution in [0.15, 0.2) is 88.3 Å². The molecule has 0 unspecified atom stereocenters. The highest BCUT2D eigenvalue weighted by atomic mass is 32.1. The lowest BCUT2D eigenvalue weighted by Gasteiger charge is -2.17. The summed E-state index contributed by atoms with van der Waals surface area (Å²) >= 11 is 1.26. The maximum atomic E-state index is 14.4. The molecule has 2 heterocycles. The largest absolute Gasteiger partial charge is 0.306 e. The van der Waals surface area contributed by atoms with Gasteiger partial charge in [-0.15, -0.1) is 11.3 Å². The molecule has 1 amide bonds. The highest BCUT2D eigenvalue weighted by Gasteiger charge is 2.34. The highest BCUT2D eigenvalue weighted by Crippen LogP contribution is 2.31. The molecule has 8 heteroatoms. The minimum atomic E-state index is -0.772. The summed E-state index contributed by atoms with van der Waals surface area (Å²) in [5.41, 5.74) is 3.43. The lowest BCUT2D eigenvalue weighted by molar-refractivity contribution is -0.112. The van der Waals surface area contributed by atoms with E-state index in [1.54, 1.807) is 9.58 Å². The van der Waals surface area contributed by atoms with Crippen molar-refractivity contribution in [2.24, 2.45) is 16.0 Å². The van der Waals surface area contributed by atoms with E-state index in [-0.39, 0.29) is 11.6 Å². The van der Waals surface area contributed by atoms with E-state index in [2.05, 4.69) is 18.8 Å². The van der Waals surface area contributed by atoms with Crippen molar-refractivity contribution in [3.8, 4) is 11.3 Å². The third-order valence-corrected chi connectivity index (χ3v) is 6.72. The SMILES string of the molecule is CC(C)CCN1C(=O)C(=Nn2c(-c3ccccc3)csc2=Nc2ccc(F)cc2F)c2ccccc21. The molecule has 5 rings (SSSR count). The van der Waals surface area contributed by atoms with Crippen LogP contribution in [0.2, 0.25) is 0 Å². The molecular formula is C28H24F2N4OS. The molecule has 1 aliphatic heterocycles. The fourth-order valence-electron chi connectivity index (χ4n) is 4.02. The van der Waals surface area contributed by atoms with E-state index in [1.165, 1.54) is 17.4 Å². The van der Waals surface area contributed by atoms with Gasteiger partial charge in [0.1, 0.15) is 11.5 Å². The second kappa shape index (κ2) is 9.99. The molecule has 0 saturated heterocycles. The van der Waals surface area contributed by atoms with Crippen LogP contribution in [0.3, 0.4) is 0 Å². The van der Waals surface area contributed by atoms with Crippen molar-refractivity contribution in [1.29, 1.82) is 0 Å². The van der Waals surface area contributed by atoms with Crippen LogP contribution in [0.4, 0.5) is 20.2 Å². The Morgan fingerprint density at radius 3 is 2.47 bits per heavy atom.